The van der Waals surface area contributed by atoms with Crippen LogP contribution in [0.5, 0.6) is 0 Å². The molecular formula is C21H19ClN2O2S. The molecule has 1 aromatic heterocycles. The molecule has 1 N–H and O–H groups in total. The molecule has 1 fully saturated rings. The van der Waals surface area contributed by atoms with Crippen molar-refractivity contribution in [3.8, 4) is 0 Å². The van der Waals surface area contributed by atoms with Gasteiger partial charge in [-0.3, -0.25) is 4.79 Å². The lowest BCUT2D eigenvalue weighted by Crippen LogP contribution is -2.31. The van der Waals surface area contributed by atoms with E-state index in [1.165, 1.54) is 11.8 Å². The molecule has 4 rings (SSSR count). The standard InChI is InChI=1S/C21H19ClN2O2S/c22-14-5-3-7-16(11-14)27-20-12-18(17-8-1-2-9-19(17)24-20)21(25)23-13-15-6-4-10-26-15/h1-3,5,7-9,11-12,15H,4,6,10,13H2,(H,23,25). The van der Waals surface area contributed by atoms with Crippen LogP contribution in [0.1, 0.15) is 23.2 Å². The van der Waals surface area contributed by atoms with Gasteiger partial charge in [0.05, 0.1) is 17.2 Å². The van der Waals surface area contributed by atoms with Crippen LogP contribution in [-0.4, -0.2) is 30.1 Å². The Balaban J connectivity index is 1.62. The highest BCUT2D eigenvalue weighted by Crippen LogP contribution is 2.31. The Labute approximate surface area is 167 Å². The lowest BCUT2D eigenvalue weighted by molar-refractivity contribution is 0.0859. The molecule has 2 heterocycles. The third kappa shape index (κ3) is 4.43. The lowest BCUT2D eigenvalue weighted by Gasteiger charge is -2.13. The second kappa shape index (κ2) is 8.30. The maximum absolute atomic E-state index is 12.8. The first-order chi connectivity index (χ1) is 13.2. The number of pyridine rings is 1. The number of carbonyl (C=O) groups excluding carboxylic acids is 1. The number of hydrogen-bond donors (Lipinski definition) is 1. The Morgan fingerprint density at radius 1 is 1.22 bits per heavy atom. The zero-order chi connectivity index (χ0) is 18.6. The van der Waals surface area contributed by atoms with Crippen molar-refractivity contribution in [3.05, 3.63) is 65.2 Å². The summed E-state index contributed by atoms with van der Waals surface area (Å²) in [4.78, 5) is 18.5. The maximum atomic E-state index is 12.8. The average molecular weight is 399 g/mol. The summed E-state index contributed by atoms with van der Waals surface area (Å²) >= 11 is 7.57. The predicted molar refractivity (Wildman–Crippen MR) is 109 cm³/mol. The van der Waals surface area contributed by atoms with E-state index in [1.54, 1.807) is 0 Å². The van der Waals surface area contributed by atoms with Crippen LogP contribution in [-0.2, 0) is 4.74 Å². The van der Waals surface area contributed by atoms with Gasteiger partial charge in [-0.25, -0.2) is 4.98 Å². The highest BCUT2D eigenvalue weighted by atomic mass is 35.5. The number of aromatic nitrogens is 1. The summed E-state index contributed by atoms with van der Waals surface area (Å²) in [6.45, 7) is 1.31. The molecule has 0 spiro atoms. The zero-order valence-electron chi connectivity index (χ0n) is 14.7. The molecule has 3 aromatic rings. The summed E-state index contributed by atoms with van der Waals surface area (Å²) < 4.78 is 5.60. The fourth-order valence-electron chi connectivity index (χ4n) is 3.15. The smallest absolute Gasteiger partial charge is 0.252 e. The summed E-state index contributed by atoms with van der Waals surface area (Å²) in [5.74, 6) is -0.1000. The number of nitrogens with one attached hydrogen (secondary N) is 1. The van der Waals surface area contributed by atoms with Crippen LogP contribution in [0.4, 0.5) is 0 Å². The van der Waals surface area contributed by atoms with Crippen molar-refractivity contribution >= 4 is 40.2 Å². The second-order valence-electron chi connectivity index (χ2n) is 6.43. The Morgan fingerprint density at radius 3 is 2.93 bits per heavy atom. The van der Waals surface area contributed by atoms with Crippen LogP contribution in [0.15, 0.2) is 64.5 Å². The van der Waals surface area contributed by atoms with Crippen molar-refractivity contribution in [1.82, 2.24) is 10.3 Å². The number of rotatable bonds is 5. The van der Waals surface area contributed by atoms with Crippen LogP contribution < -0.4 is 5.32 Å². The maximum Gasteiger partial charge on any atom is 0.252 e. The molecule has 4 nitrogen and oxygen atoms in total. The number of fused-ring (bicyclic) bond motifs is 1. The van der Waals surface area contributed by atoms with Gasteiger partial charge >= 0.3 is 0 Å². The topological polar surface area (TPSA) is 51.2 Å². The minimum atomic E-state index is -0.1000. The monoisotopic (exact) mass is 398 g/mol. The van der Waals surface area contributed by atoms with Gasteiger partial charge in [-0.2, -0.15) is 0 Å². The molecule has 2 aromatic carbocycles. The fourth-order valence-corrected chi connectivity index (χ4v) is 4.30. The van der Waals surface area contributed by atoms with Gasteiger partial charge in [-0.05, 0) is 43.2 Å². The summed E-state index contributed by atoms with van der Waals surface area (Å²) in [6, 6.07) is 17.2. The summed E-state index contributed by atoms with van der Waals surface area (Å²) in [5, 5.41) is 5.29. The van der Waals surface area contributed by atoms with E-state index in [1.807, 2.05) is 54.6 Å². The van der Waals surface area contributed by atoms with E-state index >= 15 is 0 Å². The number of para-hydroxylation sites is 1. The van der Waals surface area contributed by atoms with Crippen LogP contribution in [0.25, 0.3) is 10.9 Å². The van der Waals surface area contributed by atoms with E-state index in [9.17, 15) is 4.79 Å². The second-order valence-corrected chi connectivity index (χ2v) is 7.96. The molecule has 1 aliphatic heterocycles. The average Bonchev–Trinajstić information content (AvgIpc) is 3.19. The SMILES string of the molecule is O=C(NCC1CCCO1)c1cc(Sc2cccc(Cl)c2)nc2ccccc12. The molecule has 6 heteroatoms. The molecule has 1 saturated heterocycles. The van der Waals surface area contributed by atoms with Crippen LogP contribution in [0.3, 0.4) is 0 Å². The number of benzene rings is 2. The normalized spacial score (nSPS) is 16.6. The Hall–Kier alpha value is -2.08. The van der Waals surface area contributed by atoms with Gasteiger partial charge in [0, 0.05) is 28.5 Å². The summed E-state index contributed by atoms with van der Waals surface area (Å²) in [6.07, 6.45) is 2.16. The molecular weight excluding hydrogens is 380 g/mol. The quantitative estimate of drug-likeness (QED) is 0.660. The summed E-state index contributed by atoms with van der Waals surface area (Å²) in [7, 11) is 0. The molecule has 1 atom stereocenters. The highest BCUT2D eigenvalue weighted by Gasteiger charge is 2.18. The van der Waals surface area contributed by atoms with Crippen molar-refractivity contribution in [3.63, 3.8) is 0 Å². The number of amides is 1. The zero-order valence-corrected chi connectivity index (χ0v) is 16.2. The van der Waals surface area contributed by atoms with Crippen molar-refractivity contribution in [1.29, 1.82) is 0 Å². The minimum absolute atomic E-state index is 0.1000. The third-order valence-electron chi connectivity index (χ3n) is 4.47. The van der Waals surface area contributed by atoms with Gasteiger partial charge in [0.25, 0.3) is 5.91 Å². The highest BCUT2D eigenvalue weighted by molar-refractivity contribution is 7.99. The van der Waals surface area contributed by atoms with Crippen molar-refractivity contribution in [2.45, 2.75) is 28.9 Å². The lowest BCUT2D eigenvalue weighted by atomic mass is 10.1. The molecule has 138 valence electrons. The molecule has 0 aliphatic carbocycles. The number of ether oxygens (including phenoxy) is 1. The van der Waals surface area contributed by atoms with E-state index < -0.39 is 0 Å². The molecule has 27 heavy (non-hydrogen) atoms. The molecule has 1 aliphatic rings. The molecule has 0 bridgehead atoms. The number of halogens is 1. The molecule has 0 radical (unpaired) electrons. The molecule has 0 saturated carbocycles. The third-order valence-corrected chi connectivity index (χ3v) is 5.61. The number of carbonyl (C=O) groups is 1. The van der Waals surface area contributed by atoms with Gasteiger partial charge in [0.2, 0.25) is 0 Å². The first kappa shape index (κ1) is 18.3. The predicted octanol–water partition coefficient (Wildman–Crippen LogP) is 4.95. The van der Waals surface area contributed by atoms with Gasteiger partial charge in [0.1, 0.15) is 5.03 Å². The van der Waals surface area contributed by atoms with Crippen molar-refractivity contribution in [2.24, 2.45) is 0 Å². The molecule has 1 amide bonds. The van der Waals surface area contributed by atoms with Gasteiger partial charge in [-0.15, -0.1) is 0 Å². The first-order valence-electron chi connectivity index (χ1n) is 8.92. The Kier molecular flexibility index (Phi) is 5.62. The first-order valence-corrected chi connectivity index (χ1v) is 10.1. The fraction of sp³-hybridized carbons (Fsp3) is 0.238. The Morgan fingerprint density at radius 2 is 2.11 bits per heavy atom. The molecule has 1 unspecified atom stereocenters. The van der Waals surface area contributed by atoms with Gasteiger partial charge < -0.3 is 10.1 Å². The van der Waals surface area contributed by atoms with E-state index in [4.69, 9.17) is 21.3 Å². The number of nitrogens with zero attached hydrogens (tertiary/aromatic N) is 1. The number of hydrogen-bond acceptors (Lipinski definition) is 4. The van der Waals surface area contributed by atoms with Gasteiger partial charge in [-0.1, -0.05) is 47.6 Å². The van der Waals surface area contributed by atoms with Gasteiger partial charge in [0.15, 0.2) is 0 Å². The summed E-state index contributed by atoms with van der Waals surface area (Å²) in [5.41, 5.74) is 1.43. The van der Waals surface area contributed by atoms with E-state index in [0.717, 1.165) is 40.3 Å². The minimum Gasteiger partial charge on any atom is -0.376 e. The van der Waals surface area contributed by atoms with Crippen LogP contribution in [0.2, 0.25) is 5.02 Å². The van der Waals surface area contributed by atoms with E-state index in [2.05, 4.69) is 5.32 Å². The Bertz CT molecular complexity index is 973. The van der Waals surface area contributed by atoms with E-state index in [0.29, 0.717) is 17.1 Å². The largest absolute Gasteiger partial charge is 0.376 e. The van der Waals surface area contributed by atoms with Crippen LogP contribution >= 0.6 is 23.4 Å². The van der Waals surface area contributed by atoms with Crippen molar-refractivity contribution in [2.75, 3.05) is 13.2 Å². The van der Waals surface area contributed by atoms with Crippen molar-refractivity contribution < 1.29 is 9.53 Å². The van der Waals surface area contributed by atoms with Crippen LogP contribution in [0, 0.1) is 0 Å². The van der Waals surface area contributed by atoms with E-state index in [-0.39, 0.29) is 12.0 Å².